The minimum Gasteiger partial charge on any atom is -0.258 e. The van der Waals surface area contributed by atoms with Crippen LogP contribution < -0.4 is 0 Å². The summed E-state index contributed by atoms with van der Waals surface area (Å²) in [6.45, 7) is 2.19. The quantitative estimate of drug-likeness (QED) is 0.420. The molecule has 1 aromatic carbocycles. The van der Waals surface area contributed by atoms with Crippen molar-refractivity contribution in [3.63, 3.8) is 0 Å². The van der Waals surface area contributed by atoms with Gasteiger partial charge >= 0.3 is 0 Å². The third kappa shape index (κ3) is 2.40. The third-order valence-corrected chi connectivity index (χ3v) is 2.58. The molecular formula is C11H13N2O2+. The Kier molecular flexibility index (Phi) is 2.76. The topological polar surface area (TPSA) is 46.1 Å². The number of non-ortho nitro benzene ring substituents is 1. The van der Waals surface area contributed by atoms with Crippen molar-refractivity contribution in [1.82, 2.24) is 0 Å². The van der Waals surface area contributed by atoms with E-state index in [0.717, 1.165) is 18.7 Å². The molecule has 0 amide bonds. The van der Waals surface area contributed by atoms with Crippen molar-refractivity contribution in [2.24, 2.45) is 0 Å². The lowest BCUT2D eigenvalue weighted by Gasteiger charge is -1.93. The highest BCUT2D eigenvalue weighted by atomic mass is 16.6. The number of nitro groups is 1. The van der Waals surface area contributed by atoms with Gasteiger partial charge in [-0.15, -0.1) is 0 Å². The lowest BCUT2D eigenvalue weighted by molar-refractivity contribution is -0.500. The first-order chi connectivity index (χ1) is 7.25. The zero-order valence-corrected chi connectivity index (χ0v) is 8.43. The number of hydrogen-bond donors (Lipinski definition) is 0. The maximum absolute atomic E-state index is 10.4. The van der Waals surface area contributed by atoms with Crippen LogP contribution in [0.25, 0.3) is 0 Å². The van der Waals surface area contributed by atoms with Crippen molar-refractivity contribution in [3.8, 4) is 0 Å². The number of benzene rings is 1. The fourth-order valence-electron chi connectivity index (χ4n) is 1.76. The molecule has 1 aromatic rings. The van der Waals surface area contributed by atoms with E-state index >= 15 is 0 Å². The highest BCUT2D eigenvalue weighted by molar-refractivity contribution is 5.76. The second-order valence-corrected chi connectivity index (χ2v) is 3.72. The Morgan fingerprint density at radius 3 is 2.33 bits per heavy atom. The van der Waals surface area contributed by atoms with Gasteiger partial charge in [0, 0.05) is 30.5 Å². The standard InChI is InChI=1S/C11H13N2O2/c14-13(15)11-5-3-10(4-6-11)9-12-7-1-2-8-12/h3-6,9H,1-2,7-8H2/q+1. The number of nitro benzene ring substituents is 1. The van der Waals surface area contributed by atoms with Gasteiger partial charge in [0.05, 0.1) is 4.92 Å². The van der Waals surface area contributed by atoms with Crippen LogP contribution in [0.15, 0.2) is 24.3 Å². The zero-order valence-electron chi connectivity index (χ0n) is 8.43. The van der Waals surface area contributed by atoms with E-state index in [9.17, 15) is 10.1 Å². The summed E-state index contributed by atoms with van der Waals surface area (Å²) in [7, 11) is 0. The Labute approximate surface area is 88.0 Å². The molecule has 1 heterocycles. The van der Waals surface area contributed by atoms with E-state index < -0.39 is 0 Å². The van der Waals surface area contributed by atoms with E-state index in [-0.39, 0.29) is 10.6 Å². The molecule has 1 aliphatic rings. The van der Waals surface area contributed by atoms with Gasteiger partial charge in [-0.05, 0) is 12.1 Å². The fraction of sp³-hybridized carbons (Fsp3) is 0.364. The molecule has 1 fully saturated rings. The highest BCUT2D eigenvalue weighted by Gasteiger charge is 2.12. The molecule has 4 heteroatoms. The van der Waals surface area contributed by atoms with Crippen molar-refractivity contribution in [1.29, 1.82) is 0 Å². The van der Waals surface area contributed by atoms with Gasteiger partial charge in [0.2, 0.25) is 0 Å². The Bertz CT molecular complexity index is 388. The Balaban J connectivity index is 2.16. The van der Waals surface area contributed by atoms with Crippen molar-refractivity contribution < 1.29 is 9.50 Å². The van der Waals surface area contributed by atoms with Gasteiger partial charge < -0.3 is 0 Å². The van der Waals surface area contributed by atoms with Gasteiger partial charge in [-0.25, -0.2) is 4.58 Å². The summed E-state index contributed by atoms with van der Waals surface area (Å²) in [5.41, 5.74) is 1.18. The van der Waals surface area contributed by atoms with E-state index in [2.05, 4.69) is 10.8 Å². The molecule has 0 radical (unpaired) electrons. The largest absolute Gasteiger partial charge is 0.269 e. The summed E-state index contributed by atoms with van der Waals surface area (Å²) in [6, 6.07) is 6.66. The van der Waals surface area contributed by atoms with Crippen LogP contribution in [0.4, 0.5) is 5.69 Å². The van der Waals surface area contributed by atoms with E-state index in [0.29, 0.717) is 0 Å². The molecule has 1 saturated heterocycles. The average Bonchev–Trinajstić information content (AvgIpc) is 2.71. The average molecular weight is 205 g/mol. The molecule has 15 heavy (non-hydrogen) atoms. The zero-order chi connectivity index (χ0) is 10.7. The van der Waals surface area contributed by atoms with Crippen LogP contribution >= 0.6 is 0 Å². The van der Waals surface area contributed by atoms with Gasteiger partial charge in [-0.1, -0.05) is 0 Å². The molecule has 0 aliphatic carbocycles. The maximum Gasteiger partial charge on any atom is 0.269 e. The van der Waals surface area contributed by atoms with Crippen LogP contribution in [-0.4, -0.2) is 28.8 Å². The SMILES string of the molecule is O=[N+]([O-])c1ccc(C=[N+]2CCCC2)cc1. The second kappa shape index (κ2) is 4.21. The molecule has 2 rings (SSSR count). The van der Waals surface area contributed by atoms with Gasteiger partial charge in [-0.3, -0.25) is 10.1 Å². The summed E-state index contributed by atoms with van der Waals surface area (Å²) < 4.78 is 2.25. The van der Waals surface area contributed by atoms with Gasteiger partial charge in [0.25, 0.3) is 5.69 Å². The predicted octanol–water partition coefficient (Wildman–Crippen LogP) is 1.82. The fourth-order valence-corrected chi connectivity index (χ4v) is 1.76. The predicted molar refractivity (Wildman–Crippen MR) is 57.5 cm³/mol. The minimum absolute atomic E-state index is 0.147. The number of hydrogen-bond acceptors (Lipinski definition) is 2. The highest BCUT2D eigenvalue weighted by Crippen LogP contribution is 2.11. The van der Waals surface area contributed by atoms with Crippen LogP contribution in [-0.2, 0) is 0 Å². The van der Waals surface area contributed by atoms with Gasteiger partial charge in [0.15, 0.2) is 6.21 Å². The first kappa shape index (κ1) is 9.83. The first-order valence-electron chi connectivity index (χ1n) is 5.09. The second-order valence-electron chi connectivity index (χ2n) is 3.72. The van der Waals surface area contributed by atoms with Crippen molar-refractivity contribution >= 4 is 11.9 Å². The van der Waals surface area contributed by atoms with Crippen LogP contribution in [0.1, 0.15) is 18.4 Å². The summed E-state index contributed by atoms with van der Waals surface area (Å²) in [5.74, 6) is 0. The van der Waals surface area contributed by atoms with Crippen LogP contribution in [0.5, 0.6) is 0 Å². The summed E-state index contributed by atoms with van der Waals surface area (Å²) in [6.07, 6.45) is 4.55. The van der Waals surface area contributed by atoms with Crippen molar-refractivity contribution in [2.45, 2.75) is 12.8 Å². The molecule has 1 aliphatic heterocycles. The normalized spacial score (nSPS) is 15.3. The van der Waals surface area contributed by atoms with Crippen LogP contribution in [0.3, 0.4) is 0 Å². The monoisotopic (exact) mass is 205 g/mol. The number of nitrogens with zero attached hydrogens (tertiary/aromatic N) is 2. The smallest absolute Gasteiger partial charge is 0.258 e. The lowest BCUT2D eigenvalue weighted by atomic mass is 10.2. The van der Waals surface area contributed by atoms with Gasteiger partial charge in [-0.2, -0.15) is 0 Å². The first-order valence-corrected chi connectivity index (χ1v) is 5.09. The molecule has 0 unspecified atom stereocenters. The van der Waals surface area contributed by atoms with E-state index in [4.69, 9.17) is 0 Å². The van der Waals surface area contributed by atoms with E-state index in [1.165, 1.54) is 12.8 Å². The van der Waals surface area contributed by atoms with Crippen molar-refractivity contribution in [2.75, 3.05) is 13.1 Å². The Morgan fingerprint density at radius 2 is 1.80 bits per heavy atom. The Morgan fingerprint density at radius 1 is 1.20 bits per heavy atom. The molecule has 0 atom stereocenters. The summed E-state index contributed by atoms with van der Waals surface area (Å²) >= 11 is 0. The van der Waals surface area contributed by atoms with E-state index in [1.807, 2.05) is 0 Å². The molecule has 0 aromatic heterocycles. The molecule has 4 nitrogen and oxygen atoms in total. The van der Waals surface area contributed by atoms with E-state index in [1.54, 1.807) is 24.3 Å². The molecule has 0 spiro atoms. The summed E-state index contributed by atoms with van der Waals surface area (Å²) in [5, 5.41) is 10.4. The molecule has 0 N–H and O–H groups in total. The Hall–Kier alpha value is -1.71. The van der Waals surface area contributed by atoms with Crippen LogP contribution in [0.2, 0.25) is 0 Å². The lowest BCUT2D eigenvalue weighted by Crippen LogP contribution is -2.07. The molecule has 0 bridgehead atoms. The minimum atomic E-state index is -0.375. The van der Waals surface area contributed by atoms with Crippen LogP contribution in [0, 0.1) is 10.1 Å². The maximum atomic E-state index is 10.4. The molecule has 78 valence electrons. The summed E-state index contributed by atoms with van der Waals surface area (Å²) in [4.78, 5) is 10.1. The third-order valence-electron chi connectivity index (χ3n) is 2.58. The molecule has 0 saturated carbocycles. The van der Waals surface area contributed by atoms with Gasteiger partial charge in [0.1, 0.15) is 13.1 Å². The van der Waals surface area contributed by atoms with Crippen molar-refractivity contribution in [3.05, 3.63) is 39.9 Å². The number of rotatable bonds is 2. The molecular weight excluding hydrogens is 192 g/mol.